The smallest absolute Gasteiger partial charge is 0.122 e. The van der Waals surface area contributed by atoms with Gasteiger partial charge in [0.1, 0.15) is 5.84 Å². The van der Waals surface area contributed by atoms with Crippen LogP contribution < -0.4 is 11.6 Å². The van der Waals surface area contributed by atoms with Gasteiger partial charge in [-0.05, 0) is 110 Å². The Morgan fingerprint density at radius 3 is 2.35 bits per heavy atom. The maximum Gasteiger partial charge on any atom is 0.122 e. The first-order chi connectivity index (χ1) is 14.5. The highest BCUT2D eigenvalue weighted by Gasteiger charge is 2.60. The zero-order chi connectivity index (χ0) is 22.6. The second-order valence-corrected chi connectivity index (χ2v) is 13.5. The molecule has 0 bridgehead atoms. The Morgan fingerprint density at radius 2 is 1.65 bits per heavy atom. The van der Waals surface area contributed by atoms with Gasteiger partial charge in [-0.2, -0.15) is 5.10 Å². The Balaban J connectivity index is 1.50. The molecule has 0 aromatic rings. The summed E-state index contributed by atoms with van der Waals surface area (Å²) in [6.07, 6.45) is 16.3. The number of amidine groups is 1. The lowest BCUT2D eigenvalue weighted by molar-refractivity contribution is -0.113. The fraction of sp³-hybridized carbons (Fsp3) is 0.964. The number of fused-ring (bicyclic) bond motifs is 5. The van der Waals surface area contributed by atoms with Gasteiger partial charge >= 0.3 is 0 Å². The summed E-state index contributed by atoms with van der Waals surface area (Å²) in [5.41, 5.74) is 7.57. The standard InChI is InChI=1S/C28H51N3/c1-18(25(29)31-30)19(2)26(3,4)17-21-11-13-23-22-12-10-20-9-7-8-15-27(20,5)24(22)14-16-28(21,23)6/h18-24H,7-17,30H2,1-6H3,(H2,29,31). The van der Waals surface area contributed by atoms with Gasteiger partial charge in [0.15, 0.2) is 0 Å². The van der Waals surface area contributed by atoms with Gasteiger partial charge in [-0.25, -0.2) is 0 Å². The number of hydrogen-bond acceptors (Lipinski definition) is 2. The van der Waals surface area contributed by atoms with Crippen molar-refractivity contribution in [2.45, 2.75) is 112 Å². The lowest BCUT2D eigenvalue weighted by Gasteiger charge is -2.61. The third-order valence-corrected chi connectivity index (χ3v) is 12.2. The molecular formula is C28H51N3. The SMILES string of the molecule is CC(/C(N)=N/N)C(C)C(C)(C)CC1CCC2C3CCC4CCCCC4(C)C3CCC12C. The summed E-state index contributed by atoms with van der Waals surface area (Å²) >= 11 is 0. The Morgan fingerprint density at radius 1 is 0.935 bits per heavy atom. The number of hydrazone groups is 1. The summed E-state index contributed by atoms with van der Waals surface area (Å²) in [5.74, 6) is 11.7. The van der Waals surface area contributed by atoms with Crippen LogP contribution in [0.5, 0.6) is 0 Å². The van der Waals surface area contributed by atoms with Crippen molar-refractivity contribution >= 4 is 5.84 Å². The van der Waals surface area contributed by atoms with Gasteiger partial charge in [0.25, 0.3) is 0 Å². The van der Waals surface area contributed by atoms with Crippen LogP contribution in [0.2, 0.25) is 0 Å². The molecule has 0 spiro atoms. The van der Waals surface area contributed by atoms with Gasteiger partial charge in [-0.3, -0.25) is 0 Å². The molecule has 3 heteroatoms. The molecule has 0 aromatic heterocycles. The van der Waals surface area contributed by atoms with Gasteiger partial charge in [-0.15, -0.1) is 0 Å². The van der Waals surface area contributed by atoms with Crippen LogP contribution in [0, 0.1) is 57.7 Å². The van der Waals surface area contributed by atoms with Gasteiger partial charge in [0.05, 0.1) is 0 Å². The van der Waals surface area contributed by atoms with Crippen LogP contribution in [0.1, 0.15) is 112 Å². The Kier molecular flexibility index (Phi) is 6.23. The van der Waals surface area contributed by atoms with E-state index < -0.39 is 0 Å². The summed E-state index contributed by atoms with van der Waals surface area (Å²) in [5, 5.41) is 3.81. The van der Waals surface area contributed by atoms with Gasteiger partial charge in [-0.1, -0.05) is 54.4 Å². The van der Waals surface area contributed by atoms with Crippen molar-refractivity contribution in [1.29, 1.82) is 0 Å². The molecule has 4 saturated carbocycles. The molecule has 0 aromatic carbocycles. The Hall–Kier alpha value is -0.730. The summed E-state index contributed by atoms with van der Waals surface area (Å²) < 4.78 is 0. The van der Waals surface area contributed by atoms with E-state index in [9.17, 15) is 0 Å². The summed E-state index contributed by atoms with van der Waals surface area (Å²) in [7, 11) is 0. The highest BCUT2D eigenvalue weighted by atomic mass is 15.2. The molecule has 0 saturated heterocycles. The van der Waals surface area contributed by atoms with Crippen molar-refractivity contribution < 1.29 is 0 Å². The van der Waals surface area contributed by atoms with Crippen molar-refractivity contribution in [3.05, 3.63) is 0 Å². The average molecular weight is 430 g/mol. The molecule has 4 aliphatic carbocycles. The quantitative estimate of drug-likeness (QED) is 0.215. The maximum atomic E-state index is 6.12. The number of hydrogen-bond donors (Lipinski definition) is 2. The second kappa shape index (κ2) is 8.24. The molecule has 31 heavy (non-hydrogen) atoms. The van der Waals surface area contributed by atoms with Crippen LogP contribution in [-0.4, -0.2) is 5.84 Å². The fourth-order valence-corrected chi connectivity index (χ4v) is 9.61. The molecule has 4 fully saturated rings. The van der Waals surface area contributed by atoms with Gasteiger partial charge < -0.3 is 11.6 Å². The molecular weight excluding hydrogens is 378 g/mol. The van der Waals surface area contributed by atoms with Crippen molar-refractivity contribution in [3.8, 4) is 0 Å². The number of nitrogens with zero attached hydrogens (tertiary/aromatic N) is 1. The largest absolute Gasteiger partial charge is 0.386 e. The Bertz CT molecular complexity index is 684. The van der Waals surface area contributed by atoms with Crippen molar-refractivity contribution in [2.75, 3.05) is 0 Å². The minimum absolute atomic E-state index is 0.238. The summed E-state index contributed by atoms with van der Waals surface area (Å²) in [6, 6.07) is 0. The van der Waals surface area contributed by atoms with Crippen LogP contribution >= 0.6 is 0 Å². The number of nitrogens with two attached hydrogens (primary N) is 2. The third kappa shape index (κ3) is 3.74. The predicted octanol–water partition coefficient (Wildman–Crippen LogP) is 6.95. The van der Waals surface area contributed by atoms with E-state index in [-0.39, 0.29) is 11.3 Å². The van der Waals surface area contributed by atoms with Crippen LogP contribution in [0.3, 0.4) is 0 Å². The molecule has 4 rings (SSSR count). The van der Waals surface area contributed by atoms with Crippen LogP contribution in [-0.2, 0) is 0 Å². The first-order valence-electron chi connectivity index (χ1n) is 13.6. The normalized spacial score (nSPS) is 45.4. The molecule has 0 aliphatic heterocycles. The highest BCUT2D eigenvalue weighted by Crippen LogP contribution is 2.68. The first-order valence-corrected chi connectivity index (χ1v) is 13.6. The summed E-state index contributed by atoms with van der Waals surface area (Å²) in [4.78, 5) is 0. The molecule has 9 unspecified atom stereocenters. The number of rotatable bonds is 5. The molecule has 4 N–H and O–H groups in total. The van der Waals surface area contributed by atoms with Gasteiger partial charge in [0.2, 0.25) is 0 Å². The van der Waals surface area contributed by atoms with E-state index in [1.807, 2.05) is 0 Å². The second-order valence-electron chi connectivity index (χ2n) is 13.5. The lowest BCUT2D eigenvalue weighted by Crippen LogP contribution is -2.53. The van der Waals surface area contributed by atoms with Crippen molar-refractivity contribution in [2.24, 2.45) is 74.3 Å². The first kappa shape index (κ1) is 23.4. The Labute approximate surface area is 192 Å². The van der Waals surface area contributed by atoms with Crippen molar-refractivity contribution in [3.63, 3.8) is 0 Å². The van der Waals surface area contributed by atoms with Crippen LogP contribution in [0.15, 0.2) is 5.10 Å². The molecule has 4 aliphatic rings. The molecule has 9 atom stereocenters. The molecule has 3 nitrogen and oxygen atoms in total. The van der Waals surface area contributed by atoms with E-state index in [0.717, 1.165) is 29.6 Å². The van der Waals surface area contributed by atoms with Crippen molar-refractivity contribution in [1.82, 2.24) is 0 Å². The minimum atomic E-state index is 0.238. The molecule has 0 radical (unpaired) electrons. The van der Waals surface area contributed by atoms with Crippen LogP contribution in [0.4, 0.5) is 0 Å². The lowest BCUT2D eigenvalue weighted by atomic mass is 9.44. The van der Waals surface area contributed by atoms with E-state index in [2.05, 4.69) is 46.6 Å². The van der Waals surface area contributed by atoms with E-state index in [1.165, 1.54) is 70.6 Å². The molecule has 0 heterocycles. The van der Waals surface area contributed by atoms with E-state index in [1.54, 1.807) is 0 Å². The third-order valence-electron chi connectivity index (χ3n) is 12.2. The van der Waals surface area contributed by atoms with E-state index >= 15 is 0 Å². The molecule has 0 amide bonds. The molecule has 178 valence electrons. The summed E-state index contributed by atoms with van der Waals surface area (Å²) in [6.45, 7) is 14.9. The minimum Gasteiger partial charge on any atom is -0.386 e. The average Bonchev–Trinajstić information content (AvgIpc) is 3.07. The monoisotopic (exact) mass is 429 g/mol. The zero-order valence-electron chi connectivity index (χ0n) is 21.4. The van der Waals surface area contributed by atoms with E-state index in [4.69, 9.17) is 11.6 Å². The predicted molar refractivity (Wildman–Crippen MR) is 132 cm³/mol. The maximum absolute atomic E-state index is 6.12. The van der Waals surface area contributed by atoms with Gasteiger partial charge in [0, 0.05) is 5.92 Å². The zero-order valence-corrected chi connectivity index (χ0v) is 21.4. The topological polar surface area (TPSA) is 64.4 Å². The fourth-order valence-electron chi connectivity index (χ4n) is 9.61. The highest BCUT2D eigenvalue weighted by molar-refractivity contribution is 5.82. The van der Waals surface area contributed by atoms with Crippen LogP contribution in [0.25, 0.3) is 0 Å². The van der Waals surface area contributed by atoms with E-state index in [0.29, 0.717) is 22.6 Å².